The Labute approximate surface area is 138 Å². The molecule has 0 aliphatic rings. The van der Waals surface area contributed by atoms with Gasteiger partial charge in [0.25, 0.3) is 0 Å². The lowest BCUT2D eigenvalue weighted by Gasteiger charge is -2.11. The van der Waals surface area contributed by atoms with E-state index in [4.69, 9.17) is 4.74 Å². The Balaban J connectivity index is 1.71. The van der Waals surface area contributed by atoms with Crippen molar-refractivity contribution in [3.8, 4) is 5.75 Å². The van der Waals surface area contributed by atoms with Crippen molar-refractivity contribution in [2.75, 3.05) is 20.6 Å². The van der Waals surface area contributed by atoms with Crippen molar-refractivity contribution in [2.45, 2.75) is 19.4 Å². The van der Waals surface area contributed by atoms with Gasteiger partial charge in [0.1, 0.15) is 12.4 Å². The Bertz CT molecular complexity index is 595. The molecule has 4 heteroatoms. The number of carbonyl (C=O) groups is 1. The second kappa shape index (κ2) is 8.83. The van der Waals surface area contributed by atoms with Crippen LogP contribution in [0.25, 0.3) is 0 Å². The summed E-state index contributed by atoms with van der Waals surface area (Å²) >= 11 is 0. The van der Waals surface area contributed by atoms with E-state index >= 15 is 0 Å². The molecule has 2 aromatic rings. The smallest absolute Gasteiger partial charge is 0.316 e. The zero-order chi connectivity index (χ0) is 16.5. The fraction of sp³-hybridized carbons (Fsp3) is 0.316. The molecule has 0 radical (unpaired) electrons. The van der Waals surface area contributed by atoms with Crippen LogP contribution < -0.4 is 10.1 Å². The number of aryl methyl sites for hydroxylation is 1. The molecule has 0 saturated carbocycles. The largest absolute Gasteiger partial charge is 0.489 e. The molecule has 2 rings (SSSR count). The summed E-state index contributed by atoms with van der Waals surface area (Å²) in [6, 6.07) is 18.2. The molecule has 2 amide bonds. The minimum atomic E-state index is -0.0466. The third-order valence-corrected chi connectivity index (χ3v) is 3.50. The van der Waals surface area contributed by atoms with Crippen LogP contribution in [-0.2, 0) is 13.0 Å². The first-order valence-electron chi connectivity index (χ1n) is 7.86. The summed E-state index contributed by atoms with van der Waals surface area (Å²) in [7, 11) is 3.48. The Morgan fingerprint density at radius 2 is 1.70 bits per heavy atom. The van der Waals surface area contributed by atoms with E-state index in [0.717, 1.165) is 24.2 Å². The molecule has 1 N–H and O–H groups in total. The second-order valence-corrected chi connectivity index (χ2v) is 5.65. The van der Waals surface area contributed by atoms with Crippen molar-refractivity contribution in [1.29, 1.82) is 0 Å². The van der Waals surface area contributed by atoms with E-state index in [9.17, 15) is 4.79 Å². The minimum Gasteiger partial charge on any atom is -0.489 e. The first kappa shape index (κ1) is 16.9. The van der Waals surface area contributed by atoms with Gasteiger partial charge in [-0.05, 0) is 36.1 Å². The van der Waals surface area contributed by atoms with Crippen LogP contribution in [-0.4, -0.2) is 31.6 Å². The molecule has 0 aromatic heterocycles. The van der Waals surface area contributed by atoms with Gasteiger partial charge in [0, 0.05) is 20.6 Å². The normalized spacial score (nSPS) is 10.2. The van der Waals surface area contributed by atoms with Gasteiger partial charge >= 0.3 is 6.03 Å². The fourth-order valence-electron chi connectivity index (χ4n) is 2.14. The summed E-state index contributed by atoms with van der Waals surface area (Å²) in [5.41, 5.74) is 2.41. The summed E-state index contributed by atoms with van der Waals surface area (Å²) in [5.74, 6) is 0.874. The number of amides is 2. The molecule has 0 atom stereocenters. The first-order chi connectivity index (χ1) is 11.1. The van der Waals surface area contributed by atoms with Gasteiger partial charge in [-0.15, -0.1) is 0 Å². The highest BCUT2D eigenvalue weighted by atomic mass is 16.5. The predicted molar refractivity (Wildman–Crippen MR) is 92.6 cm³/mol. The number of hydrogen-bond donors (Lipinski definition) is 1. The Morgan fingerprint density at radius 1 is 1.00 bits per heavy atom. The van der Waals surface area contributed by atoms with Crippen LogP contribution in [0.15, 0.2) is 54.6 Å². The van der Waals surface area contributed by atoms with E-state index in [0.29, 0.717) is 13.2 Å². The quantitative estimate of drug-likeness (QED) is 0.795. The van der Waals surface area contributed by atoms with Crippen LogP contribution in [0.3, 0.4) is 0 Å². The Hall–Kier alpha value is -2.49. The molecule has 0 aliphatic heterocycles. The number of urea groups is 1. The number of ether oxygens (including phenoxy) is 1. The number of benzene rings is 2. The van der Waals surface area contributed by atoms with E-state index in [1.54, 1.807) is 19.0 Å². The van der Waals surface area contributed by atoms with Crippen LogP contribution in [0.4, 0.5) is 4.79 Å². The maximum atomic E-state index is 11.4. The van der Waals surface area contributed by atoms with Gasteiger partial charge in [-0.25, -0.2) is 4.79 Å². The second-order valence-electron chi connectivity index (χ2n) is 5.65. The van der Waals surface area contributed by atoms with E-state index in [-0.39, 0.29) is 6.03 Å². The molecule has 0 spiro atoms. The van der Waals surface area contributed by atoms with Crippen molar-refractivity contribution in [3.05, 3.63) is 65.7 Å². The monoisotopic (exact) mass is 312 g/mol. The van der Waals surface area contributed by atoms with E-state index in [1.807, 2.05) is 30.3 Å². The van der Waals surface area contributed by atoms with Crippen molar-refractivity contribution >= 4 is 6.03 Å². The molecule has 0 bridgehead atoms. The lowest BCUT2D eigenvalue weighted by Crippen LogP contribution is -2.35. The third-order valence-electron chi connectivity index (χ3n) is 3.50. The van der Waals surface area contributed by atoms with Crippen LogP contribution in [0.1, 0.15) is 17.5 Å². The number of carbonyl (C=O) groups excluding carboxylic acids is 1. The van der Waals surface area contributed by atoms with Gasteiger partial charge in [0.05, 0.1) is 0 Å². The summed E-state index contributed by atoms with van der Waals surface area (Å²) in [4.78, 5) is 12.9. The summed E-state index contributed by atoms with van der Waals surface area (Å²) in [6.45, 7) is 1.26. The molecule has 0 heterocycles. The standard InChI is InChI=1S/C19H24N2O2/c1-21(2)19(22)20-14-6-9-16-10-12-18(13-11-16)23-15-17-7-4-3-5-8-17/h3-5,7-8,10-13H,6,9,14-15H2,1-2H3,(H,20,22). The molecule has 0 fully saturated rings. The highest BCUT2D eigenvalue weighted by molar-refractivity contribution is 5.73. The number of nitrogens with one attached hydrogen (secondary N) is 1. The molecular formula is C19H24N2O2. The molecule has 2 aromatic carbocycles. The van der Waals surface area contributed by atoms with Crippen LogP contribution in [0.5, 0.6) is 5.75 Å². The number of nitrogens with zero attached hydrogens (tertiary/aromatic N) is 1. The molecule has 122 valence electrons. The number of hydrogen-bond acceptors (Lipinski definition) is 2. The van der Waals surface area contributed by atoms with Gasteiger partial charge in [-0.3, -0.25) is 0 Å². The van der Waals surface area contributed by atoms with Gasteiger partial charge < -0.3 is 15.0 Å². The highest BCUT2D eigenvalue weighted by Gasteiger charge is 2.01. The van der Waals surface area contributed by atoms with Gasteiger partial charge in [-0.2, -0.15) is 0 Å². The van der Waals surface area contributed by atoms with Gasteiger partial charge in [0.2, 0.25) is 0 Å². The van der Waals surface area contributed by atoms with Crippen LogP contribution >= 0.6 is 0 Å². The van der Waals surface area contributed by atoms with Crippen molar-refractivity contribution < 1.29 is 9.53 Å². The topological polar surface area (TPSA) is 41.6 Å². The Morgan fingerprint density at radius 3 is 2.35 bits per heavy atom. The zero-order valence-corrected chi connectivity index (χ0v) is 13.8. The number of rotatable bonds is 7. The molecular weight excluding hydrogens is 288 g/mol. The lowest BCUT2D eigenvalue weighted by molar-refractivity contribution is 0.217. The average molecular weight is 312 g/mol. The molecule has 4 nitrogen and oxygen atoms in total. The summed E-state index contributed by atoms with van der Waals surface area (Å²) < 4.78 is 5.77. The van der Waals surface area contributed by atoms with E-state index in [2.05, 4.69) is 29.6 Å². The van der Waals surface area contributed by atoms with E-state index < -0.39 is 0 Å². The van der Waals surface area contributed by atoms with Gasteiger partial charge in [-0.1, -0.05) is 42.5 Å². The van der Waals surface area contributed by atoms with Crippen LogP contribution in [0.2, 0.25) is 0 Å². The van der Waals surface area contributed by atoms with Crippen molar-refractivity contribution in [1.82, 2.24) is 10.2 Å². The predicted octanol–water partition coefficient (Wildman–Crippen LogP) is 3.47. The van der Waals surface area contributed by atoms with Crippen molar-refractivity contribution in [2.24, 2.45) is 0 Å². The molecule has 0 unspecified atom stereocenters. The molecule has 0 aliphatic carbocycles. The highest BCUT2D eigenvalue weighted by Crippen LogP contribution is 2.15. The Kier molecular flexibility index (Phi) is 6.48. The van der Waals surface area contributed by atoms with Gasteiger partial charge in [0.15, 0.2) is 0 Å². The molecule has 0 saturated heterocycles. The van der Waals surface area contributed by atoms with Crippen LogP contribution in [0, 0.1) is 0 Å². The zero-order valence-electron chi connectivity index (χ0n) is 13.8. The summed E-state index contributed by atoms with van der Waals surface area (Å²) in [6.07, 6.45) is 1.86. The lowest BCUT2D eigenvalue weighted by atomic mass is 10.1. The SMILES string of the molecule is CN(C)C(=O)NCCCc1ccc(OCc2ccccc2)cc1. The molecule has 23 heavy (non-hydrogen) atoms. The van der Waals surface area contributed by atoms with E-state index in [1.165, 1.54) is 5.56 Å². The maximum absolute atomic E-state index is 11.4. The van der Waals surface area contributed by atoms with Crippen molar-refractivity contribution in [3.63, 3.8) is 0 Å². The maximum Gasteiger partial charge on any atom is 0.316 e. The fourth-order valence-corrected chi connectivity index (χ4v) is 2.14. The third kappa shape index (κ3) is 6.02. The summed E-state index contributed by atoms with van der Waals surface area (Å²) in [5, 5.41) is 2.86. The minimum absolute atomic E-state index is 0.0466. The average Bonchev–Trinajstić information content (AvgIpc) is 2.58. The first-order valence-corrected chi connectivity index (χ1v) is 7.86.